The number of hydrogen-bond donors (Lipinski definition) is 0. The maximum absolute atomic E-state index is 12.0. The molecule has 0 atom stereocenters. The summed E-state index contributed by atoms with van der Waals surface area (Å²) in [5.41, 5.74) is 2.54. The summed E-state index contributed by atoms with van der Waals surface area (Å²) >= 11 is 0. The molecule has 0 radical (unpaired) electrons. The Bertz CT molecular complexity index is 659. The van der Waals surface area contributed by atoms with Crippen molar-refractivity contribution in [3.63, 3.8) is 0 Å². The van der Waals surface area contributed by atoms with Crippen LogP contribution in [0.1, 0.15) is 27.9 Å². The van der Waals surface area contributed by atoms with E-state index in [2.05, 4.69) is 0 Å². The third kappa shape index (κ3) is 3.95. The van der Waals surface area contributed by atoms with Crippen molar-refractivity contribution >= 4 is 12.3 Å². The van der Waals surface area contributed by atoms with E-state index < -0.39 is 5.97 Å². The van der Waals surface area contributed by atoms with Crippen LogP contribution >= 0.6 is 0 Å². The van der Waals surface area contributed by atoms with E-state index in [9.17, 15) is 9.59 Å². The summed E-state index contributed by atoms with van der Waals surface area (Å²) in [5, 5.41) is 0. The number of carbonyl (C=O) groups is 2. The van der Waals surface area contributed by atoms with Crippen molar-refractivity contribution in [1.82, 2.24) is 0 Å². The molecule has 0 saturated heterocycles. The molecule has 0 bridgehead atoms. The van der Waals surface area contributed by atoms with Crippen LogP contribution in [0.3, 0.4) is 0 Å². The molecular formula is C18H18O4. The largest absolute Gasteiger partial charge is 0.493 e. The number of hydrogen-bond acceptors (Lipinski definition) is 4. The van der Waals surface area contributed by atoms with E-state index in [0.717, 1.165) is 5.56 Å². The topological polar surface area (TPSA) is 52.6 Å². The molecule has 0 heterocycles. The molecule has 22 heavy (non-hydrogen) atoms. The Morgan fingerprint density at radius 2 is 1.86 bits per heavy atom. The fraction of sp³-hybridized carbons (Fsp3) is 0.222. The maximum atomic E-state index is 12.0. The van der Waals surface area contributed by atoms with Gasteiger partial charge in [0.2, 0.25) is 0 Å². The van der Waals surface area contributed by atoms with Crippen LogP contribution in [0.5, 0.6) is 11.5 Å². The lowest BCUT2D eigenvalue weighted by atomic mass is 10.1. The highest BCUT2D eigenvalue weighted by molar-refractivity contribution is 5.84. The zero-order chi connectivity index (χ0) is 15.9. The van der Waals surface area contributed by atoms with Crippen molar-refractivity contribution < 1.29 is 19.1 Å². The Morgan fingerprint density at radius 3 is 2.50 bits per heavy atom. The Kier molecular flexibility index (Phi) is 5.31. The van der Waals surface area contributed by atoms with Gasteiger partial charge in [0.1, 0.15) is 0 Å². The number of ether oxygens (including phenoxy) is 2. The zero-order valence-electron chi connectivity index (χ0n) is 12.7. The van der Waals surface area contributed by atoms with Gasteiger partial charge >= 0.3 is 5.97 Å². The van der Waals surface area contributed by atoms with E-state index in [1.165, 1.54) is 12.7 Å². The van der Waals surface area contributed by atoms with Gasteiger partial charge in [-0.05, 0) is 31.0 Å². The van der Waals surface area contributed by atoms with Gasteiger partial charge in [0.05, 0.1) is 12.7 Å². The molecule has 0 spiro atoms. The molecule has 0 aliphatic rings. The van der Waals surface area contributed by atoms with Crippen LogP contribution in [-0.2, 0) is 11.2 Å². The summed E-state index contributed by atoms with van der Waals surface area (Å²) in [7, 11) is 1.47. The highest BCUT2D eigenvalue weighted by Crippen LogP contribution is 2.30. The van der Waals surface area contributed by atoms with Crippen molar-refractivity contribution in [2.24, 2.45) is 0 Å². The normalized spacial score (nSPS) is 10.1. The SMILES string of the molecule is COc1cccc(C=O)c1OC(=O)CCc1ccc(C)cc1. The molecule has 0 amide bonds. The van der Waals surface area contributed by atoms with E-state index in [4.69, 9.17) is 9.47 Å². The van der Waals surface area contributed by atoms with Crippen molar-refractivity contribution in [2.75, 3.05) is 7.11 Å². The molecule has 0 aromatic heterocycles. The minimum atomic E-state index is -0.395. The fourth-order valence-electron chi connectivity index (χ4n) is 2.06. The van der Waals surface area contributed by atoms with Crippen molar-refractivity contribution in [3.8, 4) is 11.5 Å². The van der Waals surface area contributed by atoms with E-state index in [-0.39, 0.29) is 12.2 Å². The predicted octanol–water partition coefficient (Wildman–Crippen LogP) is 3.35. The zero-order valence-corrected chi connectivity index (χ0v) is 12.7. The number of carbonyl (C=O) groups excluding carboxylic acids is 2. The van der Waals surface area contributed by atoms with Gasteiger partial charge in [0.15, 0.2) is 17.8 Å². The smallest absolute Gasteiger partial charge is 0.311 e. The summed E-state index contributed by atoms with van der Waals surface area (Å²) in [6.07, 6.45) is 1.47. The summed E-state index contributed by atoms with van der Waals surface area (Å²) < 4.78 is 10.4. The molecule has 4 nitrogen and oxygen atoms in total. The average molecular weight is 298 g/mol. The minimum absolute atomic E-state index is 0.175. The standard InChI is InChI=1S/C18H18O4/c1-13-6-8-14(9-7-13)10-11-17(20)22-18-15(12-19)4-3-5-16(18)21-2/h3-9,12H,10-11H2,1-2H3. The van der Waals surface area contributed by atoms with Crippen LogP contribution in [0.4, 0.5) is 0 Å². The Labute approximate surface area is 129 Å². The molecule has 4 heteroatoms. The highest BCUT2D eigenvalue weighted by Gasteiger charge is 2.14. The Hall–Kier alpha value is -2.62. The number of esters is 1. The Balaban J connectivity index is 2.03. The van der Waals surface area contributed by atoms with Gasteiger partial charge in [-0.2, -0.15) is 0 Å². The molecule has 0 aliphatic heterocycles. The van der Waals surface area contributed by atoms with E-state index in [1.54, 1.807) is 18.2 Å². The quantitative estimate of drug-likeness (QED) is 0.466. The summed E-state index contributed by atoms with van der Waals surface area (Å²) in [6, 6.07) is 12.9. The fourth-order valence-corrected chi connectivity index (χ4v) is 2.06. The van der Waals surface area contributed by atoms with Crippen molar-refractivity contribution in [2.45, 2.75) is 19.8 Å². The van der Waals surface area contributed by atoms with Crippen LogP contribution in [0.15, 0.2) is 42.5 Å². The second-order valence-electron chi connectivity index (χ2n) is 4.96. The molecule has 2 rings (SSSR count). The highest BCUT2D eigenvalue weighted by atomic mass is 16.6. The van der Waals surface area contributed by atoms with Gasteiger partial charge in [0, 0.05) is 6.42 Å². The monoisotopic (exact) mass is 298 g/mol. The molecule has 2 aromatic carbocycles. The number of para-hydroxylation sites is 1. The molecule has 0 unspecified atom stereocenters. The lowest BCUT2D eigenvalue weighted by molar-refractivity contribution is -0.134. The number of benzene rings is 2. The van der Waals surface area contributed by atoms with Crippen LogP contribution in [0.25, 0.3) is 0 Å². The predicted molar refractivity (Wildman–Crippen MR) is 83.5 cm³/mol. The number of aldehydes is 1. The van der Waals surface area contributed by atoms with E-state index in [0.29, 0.717) is 24.0 Å². The molecule has 0 saturated carbocycles. The molecule has 0 N–H and O–H groups in total. The van der Waals surface area contributed by atoms with Crippen LogP contribution < -0.4 is 9.47 Å². The molecule has 2 aromatic rings. The minimum Gasteiger partial charge on any atom is -0.493 e. The van der Waals surface area contributed by atoms with Crippen LogP contribution in [0, 0.1) is 6.92 Å². The third-order valence-corrected chi connectivity index (χ3v) is 3.31. The van der Waals surface area contributed by atoms with Gasteiger partial charge in [-0.1, -0.05) is 35.9 Å². The summed E-state index contributed by atoms with van der Waals surface area (Å²) in [6.45, 7) is 2.01. The van der Waals surface area contributed by atoms with Crippen LogP contribution in [0.2, 0.25) is 0 Å². The van der Waals surface area contributed by atoms with Crippen LogP contribution in [-0.4, -0.2) is 19.4 Å². The van der Waals surface area contributed by atoms with Gasteiger partial charge in [-0.15, -0.1) is 0 Å². The first kappa shape index (κ1) is 15.8. The van der Waals surface area contributed by atoms with E-state index >= 15 is 0 Å². The number of aryl methyl sites for hydroxylation is 2. The lowest BCUT2D eigenvalue weighted by Crippen LogP contribution is -2.11. The van der Waals surface area contributed by atoms with Gasteiger partial charge in [-0.3, -0.25) is 9.59 Å². The second kappa shape index (κ2) is 7.41. The lowest BCUT2D eigenvalue weighted by Gasteiger charge is -2.11. The molecular weight excluding hydrogens is 280 g/mol. The Morgan fingerprint density at radius 1 is 1.14 bits per heavy atom. The average Bonchev–Trinajstić information content (AvgIpc) is 2.54. The first-order chi connectivity index (χ1) is 10.6. The van der Waals surface area contributed by atoms with Gasteiger partial charge in [-0.25, -0.2) is 0 Å². The first-order valence-corrected chi connectivity index (χ1v) is 7.02. The van der Waals surface area contributed by atoms with E-state index in [1.807, 2.05) is 31.2 Å². The molecule has 0 fully saturated rings. The van der Waals surface area contributed by atoms with Gasteiger partial charge < -0.3 is 9.47 Å². The summed E-state index contributed by atoms with van der Waals surface area (Å²) in [5.74, 6) is 0.148. The molecule has 114 valence electrons. The number of methoxy groups -OCH3 is 1. The number of rotatable bonds is 6. The van der Waals surface area contributed by atoms with Crippen molar-refractivity contribution in [1.29, 1.82) is 0 Å². The summed E-state index contributed by atoms with van der Waals surface area (Å²) in [4.78, 5) is 23.0. The van der Waals surface area contributed by atoms with Gasteiger partial charge in [0.25, 0.3) is 0 Å². The maximum Gasteiger partial charge on any atom is 0.311 e. The molecule has 0 aliphatic carbocycles. The van der Waals surface area contributed by atoms with Crippen molar-refractivity contribution in [3.05, 3.63) is 59.2 Å². The second-order valence-corrected chi connectivity index (χ2v) is 4.96. The third-order valence-electron chi connectivity index (χ3n) is 3.31. The first-order valence-electron chi connectivity index (χ1n) is 7.02.